The van der Waals surface area contributed by atoms with Crippen LogP contribution >= 0.6 is 15.9 Å². The maximum atomic E-state index is 13.0. The van der Waals surface area contributed by atoms with E-state index in [9.17, 15) is 14.0 Å². The van der Waals surface area contributed by atoms with E-state index in [4.69, 9.17) is 5.11 Å². The summed E-state index contributed by atoms with van der Waals surface area (Å²) in [7, 11) is 0. The third-order valence-electron chi connectivity index (χ3n) is 2.79. The molecule has 1 rings (SSSR count). The van der Waals surface area contributed by atoms with Crippen LogP contribution in [0, 0.1) is 17.7 Å². The number of benzene rings is 1. The summed E-state index contributed by atoms with van der Waals surface area (Å²) in [4.78, 5) is 22.8. The lowest BCUT2D eigenvalue weighted by atomic mass is 9.96. The lowest BCUT2D eigenvalue weighted by Gasteiger charge is -2.16. The summed E-state index contributed by atoms with van der Waals surface area (Å²) in [6.07, 6.45) is 0. The Morgan fingerprint density at radius 3 is 2.53 bits per heavy atom. The molecule has 0 aliphatic rings. The Balaban J connectivity index is 2.69. The minimum Gasteiger partial charge on any atom is -0.481 e. The van der Waals surface area contributed by atoms with E-state index >= 15 is 0 Å². The summed E-state index contributed by atoms with van der Waals surface area (Å²) in [5, 5.41) is 11.5. The van der Waals surface area contributed by atoms with Crippen molar-refractivity contribution in [1.82, 2.24) is 5.32 Å². The molecule has 0 saturated carbocycles. The Morgan fingerprint density at radius 2 is 2.05 bits per heavy atom. The number of carboxylic acids is 1. The van der Waals surface area contributed by atoms with Crippen LogP contribution < -0.4 is 5.32 Å². The van der Waals surface area contributed by atoms with Gasteiger partial charge in [0.15, 0.2) is 0 Å². The van der Waals surface area contributed by atoms with Crippen LogP contribution in [0.1, 0.15) is 24.2 Å². The second-order valence-corrected chi connectivity index (χ2v) is 5.38. The zero-order chi connectivity index (χ0) is 14.6. The van der Waals surface area contributed by atoms with Gasteiger partial charge in [-0.05, 0) is 40.0 Å². The van der Waals surface area contributed by atoms with Gasteiger partial charge < -0.3 is 10.4 Å². The molecule has 0 aliphatic heterocycles. The van der Waals surface area contributed by atoms with E-state index in [2.05, 4.69) is 21.2 Å². The van der Waals surface area contributed by atoms with Crippen LogP contribution in [0.15, 0.2) is 22.7 Å². The highest BCUT2D eigenvalue weighted by molar-refractivity contribution is 9.10. The van der Waals surface area contributed by atoms with Crippen molar-refractivity contribution in [3.63, 3.8) is 0 Å². The third-order valence-corrected chi connectivity index (χ3v) is 3.39. The molecule has 0 bridgehead atoms. The van der Waals surface area contributed by atoms with Gasteiger partial charge >= 0.3 is 5.97 Å². The summed E-state index contributed by atoms with van der Waals surface area (Å²) in [6.45, 7) is 3.60. The van der Waals surface area contributed by atoms with Gasteiger partial charge in [0.05, 0.1) is 10.4 Å². The molecule has 0 heterocycles. The molecule has 1 atom stereocenters. The maximum absolute atomic E-state index is 13.0. The fourth-order valence-corrected chi connectivity index (χ4v) is 1.93. The van der Waals surface area contributed by atoms with E-state index in [0.29, 0.717) is 0 Å². The predicted molar refractivity (Wildman–Crippen MR) is 72.4 cm³/mol. The molecule has 0 fully saturated rings. The fraction of sp³-hybridized carbons (Fsp3) is 0.385. The normalized spacial score (nSPS) is 12.3. The zero-order valence-electron chi connectivity index (χ0n) is 10.6. The second-order valence-electron chi connectivity index (χ2n) is 4.53. The summed E-state index contributed by atoms with van der Waals surface area (Å²) in [5.41, 5.74) is 0.279. The molecule has 0 saturated heterocycles. The number of hydrogen-bond acceptors (Lipinski definition) is 2. The minimum atomic E-state index is -0.949. The van der Waals surface area contributed by atoms with Crippen LogP contribution in [0.5, 0.6) is 0 Å². The molecule has 0 aliphatic carbocycles. The van der Waals surface area contributed by atoms with Gasteiger partial charge in [0.1, 0.15) is 5.82 Å². The van der Waals surface area contributed by atoms with Gasteiger partial charge in [0.25, 0.3) is 5.91 Å². The van der Waals surface area contributed by atoms with E-state index in [-0.39, 0.29) is 22.5 Å². The van der Waals surface area contributed by atoms with Gasteiger partial charge in [0, 0.05) is 12.1 Å². The molecule has 4 nitrogen and oxygen atoms in total. The Hall–Kier alpha value is -1.43. The molecule has 0 radical (unpaired) electrons. The molecule has 1 aromatic rings. The van der Waals surface area contributed by atoms with Crippen LogP contribution in [0.25, 0.3) is 0 Å². The van der Waals surface area contributed by atoms with Gasteiger partial charge in [-0.2, -0.15) is 0 Å². The zero-order valence-corrected chi connectivity index (χ0v) is 12.2. The first-order valence-electron chi connectivity index (χ1n) is 5.79. The first-order valence-corrected chi connectivity index (χ1v) is 6.58. The second kappa shape index (κ2) is 6.65. The van der Waals surface area contributed by atoms with Crippen LogP contribution in [0.2, 0.25) is 0 Å². The number of hydrogen-bond donors (Lipinski definition) is 2. The molecule has 6 heteroatoms. The van der Waals surface area contributed by atoms with Crippen molar-refractivity contribution >= 4 is 27.8 Å². The molecular formula is C13H15BrFNO3. The number of carbonyl (C=O) groups is 2. The largest absolute Gasteiger partial charge is 0.481 e. The smallest absolute Gasteiger partial charge is 0.308 e. The Bertz CT molecular complexity index is 491. The minimum absolute atomic E-state index is 0.0425. The van der Waals surface area contributed by atoms with E-state index in [1.165, 1.54) is 18.2 Å². The SMILES string of the molecule is CC(C)C(CNC(=O)c1ccc(F)c(Br)c1)C(=O)O. The average Bonchev–Trinajstić information content (AvgIpc) is 2.31. The molecule has 0 aromatic heterocycles. The van der Waals surface area contributed by atoms with E-state index < -0.39 is 23.6 Å². The maximum Gasteiger partial charge on any atom is 0.308 e. The lowest BCUT2D eigenvalue weighted by molar-refractivity contribution is -0.142. The highest BCUT2D eigenvalue weighted by atomic mass is 79.9. The first-order chi connectivity index (χ1) is 8.82. The van der Waals surface area contributed by atoms with Crippen molar-refractivity contribution in [2.24, 2.45) is 11.8 Å². The van der Waals surface area contributed by atoms with Crippen molar-refractivity contribution in [3.8, 4) is 0 Å². The molecule has 104 valence electrons. The number of amides is 1. The van der Waals surface area contributed by atoms with Gasteiger partial charge in [-0.15, -0.1) is 0 Å². The molecule has 1 amide bonds. The van der Waals surface area contributed by atoms with Crippen LogP contribution in [-0.2, 0) is 4.79 Å². The van der Waals surface area contributed by atoms with Crippen LogP contribution in [0.3, 0.4) is 0 Å². The van der Waals surface area contributed by atoms with Gasteiger partial charge in [-0.1, -0.05) is 13.8 Å². The van der Waals surface area contributed by atoms with Crippen molar-refractivity contribution in [1.29, 1.82) is 0 Å². The molecule has 1 aromatic carbocycles. The van der Waals surface area contributed by atoms with Gasteiger partial charge in [-0.25, -0.2) is 4.39 Å². The van der Waals surface area contributed by atoms with Crippen LogP contribution in [-0.4, -0.2) is 23.5 Å². The summed E-state index contributed by atoms with van der Waals surface area (Å²) >= 11 is 2.99. The molecule has 1 unspecified atom stereocenters. The topological polar surface area (TPSA) is 66.4 Å². The third kappa shape index (κ3) is 4.31. The van der Waals surface area contributed by atoms with E-state index in [0.717, 1.165) is 0 Å². The summed E-state index contributed by atoms with van der Waals surface area (Å²) < 4.78 is 13.2. The number of aliphatic carboxylic acids is 1. The Labute approximate surface area is 119 Å². The van der Waals surface area contributed by atoms with Crippen molar-refractivity contribution in [3.05, 3.63) is 34.1 Å². The van der Waals surface area contributed by atoms with Crippen molar-refractivity contribution in [2.45, 2.75) is 13.8 Å². The average molecular weight is 332 g/mol. The number of nitrogens with one attached hydrogen (secondary N) is 1. The molecular weight excluding hydrogens is 317 g/mol. The van der Waals surface area contributed by atoms with Gasteiger partial charge in [-0.3, -0.25) is 9.59 Å². The standard InChI is InChI=1S/C13H15BrFNO3/c1-7(2)9(13(18)19)6-16-12(17)8-3-4-11(15)10(14)5-8/h3-5,7,9H,6H2,1-2H3,(H,16,17)(H,18,19). The molecule has 2 N–H and O–H groups in total. The fourth-order valence-electron chi connectivity index (χ4n) is 1.55. The van der Waals surface area contributed by atoms with E-state index in [1.807, 2.05) is 0 Å². The Morgan fingerprint density at radius 1 is 1.42 bits per heavy atom. The highest BCUT2D eigenvalue weighted by Gasteiger charge is 2.22. The number of carbonyl (C=O) groups excluding carboxylic acids is 1. The number of carboxylic acid groups (broad SMARTS) is 1. The quantitative estimate of drug-likeness (QED) is 0.871. The first kappa shape index (κ1) is 15.6. The monoisotopic (exact) mass is 331 g/mol. The van der Waals surface area contributed by atoms with Crippen molar-refractivity contribution < 1.29 is 19.1 Å². The predicted octanol–water partition coefficient (Wildman–Crippen LogP) is 2.67. The lowest BCUT2D eigenvalue weighted by Crippen LogP contribution is -2.35. The van der Waals surface area contributed by atoms with Crippen molar-refractivity contribution in [2.75, 3.05) is 6.54 Å². The van der Waals surface area contributed by atoms with E-state index in [1.54, 1.807) is 13.8 Å². The number of halogens is 2. The molecule has 19 heavy (non-hydrogen) atoms. The highest BCUT2D eigenvalue weighted by Crippen LogP contribution is 2.17. The summed E-state index contributed by atoms with van der Waals surface area (Å²) in [6, 6.07) is 3.88. The number of rotatable bonds is 5. The van der Waals surface area contributed by atoms with Crippen LogP contribution in [0.4, 0.5) is 4.39 Å². The Kier molecular flexibility index (Phi) is 5.47. The molecule has 0 spiro atoms. The summed E-state index contributed by atoms with van der Waals surface area (Å²) in [5.74, 6) is -2.56. The van der Waals surface area contributed by atoms with Gasteiger partial charge in [0.2, 0.25) is 0 Å².